The quantitative estimate of drug-likeness (QED) is 0.492. The lowest BCUT2D eigenvalue weighted by Crippen LogP contribution is -2.35. The molecule has 0 unspecified atom stereocenters. The monoisotopic (exact) mass is 251 g/mol. The van der Waals surface area contributed by atoms with Gasteiger partial charge in [-0.2, -0.15) is 0 Å². The molecule has 6 nitrogen and oxygen atoms in total. The Morgan fingerprint density at radius 3 is 2.65 bits per heavy atom. The van der Waals surface area contributed by atoms with Crippen molar-refractivity contribution in [3.63, 3.8) is 0 Å². The SMILES string of the molecule is Cc1c(Cl)cccc1N=C1C(N)=N[N+](N)=C1N. The minimum absolute atomic E-state index is 0.185. The summed E-state index contributed by atoms with van der Waals surface area (Å²) in [4.78, 5) is 5.32. The summed E-state index contributed by atoms with van der Waals surface area (Å²) in [5.74, 6) is 5.87. The lowest BCUT2D eigenvalue weighted by Gasteiger charge is -2.02. The zero-order chi connectivity index (χ0) is 12.6. The number of benzene rings is 1. The molecule has 1 aromatic rings. The number of halogens is 1. The predicted molar refractivity (Wildman–Crippen MR) is 68.5 cm³/mol. The van der Waals surface area contributed by atoms with Crippen molar-refractivity contribution in [1.29, 1.82) is 0 Å². The van der Waals surface area contributed by atoms with Crippen molar-refractivity contribution in [1.82, 2.24) is 0 Å². The van der Waals surface area contributed by atoms with Gasteiger partial charge >= 0.3 is 5.84 Å². The lowest BCUT2D eigenvalue weighted by atomic mass is 10.2. The first-order chi connectivity index (χ1) is 8.00. The number of rotatable bonds is 1. The molecule has 1 aromatic carbocycles. The largest absolute Gasteiger partial charge is 0.378 e. The van der Waals surface area contributed by atoms with E-state index in [2.05, 4.69) is 10.1 Å². The van der Waals surface area contributed by atoms with E-state index in [-0.39, 0.29) is 11.7 Å². The molecule has 1 aliphatic heterocycles. The molecule has 0 amide bonds. The van der Waals surface area contributed by atoms with Crippen LogP contribution < -0.4 is 17.3 Å². The summed E-state index contributed by atoms with van der Waals surface area (Å²) >= 11 is 6.00. The Morgan fingerprint density at radius 2 is 2.06 bits per heavy atom. The van der Waals surface area contributed by atoms with Crippen LogP contribution >= 0.6 is 11.6 Å². The van der Waals surface area contributed by atoms with Gasteiger partial charge in [-0.25, -0.2) is 10.8 Å². The fourth-order valence-corrected chi connectivity index (χ4v) is 1.58. The van der Waals surface area contributed by atoms with Gasteiger partial charge in [-0.05, 0) is 34.5 Å². The van der Waals surface area contributed by atoms with Gasteiger partial charge < -0.3 is 5.73 Å². The smallest absolute Gasteiger partial charge is 0.348 e. The molecule has 0 spiro atoms. The van der Waals surface area contributed by atoms with Crippen LogP contribution in [-0.4, -0.2) is 22.2 Å². The van der Waals surface area contributed by atoms with E-state index in [1.54, 1.807) is 12.1 Å². The molecule has 1 aliphatic rings. The number of nitrogens with two attached hydrogens (primary N) is 3. The Labute approximate surface area is 103 Å². The Bertz CT molecular complexity index is 572. The van der Waals surface area contributed by atoms with Gasteiger partial charge in [0.2, 0.25) is 11.5 Å². The van der Waals surface area contributed by atoms with Crippen LogP contribution in [0.3, 0.4) is 0 Å². The zero-order valence-corrected chi connectivity index (χ0v) is 9.94. The van der Waals surface area contributed by atoms with Gasteiger partial charge in [-0.15, -0.1) is 0 Å². The standard InChI is InChI=1S/C10H11ClN6/c1-5-6(11)3-2-4-7(5)15-8-9(12)16-17(14)10(8)13/h2-4,13H,14H2,1H3,(H2,12,16)/p+1. The van der Waals surface area contributed by atoms with Crippen molar-refractivity contribution in [3.8, 4) is 0 Å². The topological polar surface area (TPSA) is 106 Å². The number of hydrogen-bond acceptors (Lipinski definition) is 5. The third-order valence-corrected chi connectivity index (χ3v) is 2.83. The summed E-state index contributed by atoms with van der Waals surface area (Å²) in [5.41, 5.74) is 13.3. The van der Waals surface area contributed by atoms with Crippen molar-refractivity contribution in [2.45, 2.75) is 6.92 Å². The Morgan fingerprint density at radius 1 is 1.35 bits per heavy atom. The van der Waals surface area contributed by atoms with E-state index in [9.17, 15) is 0 Å². The highest BCUT2D eigenvalue weighted by atomic mass is 35.5. The molecule has 88 valence electrons. The predicted octanol–water partition coefficient (Wildman–Crippen LogP) is 0.250. The number of aliphatic imine (C=N–C) groups is 1. The highest BCUT2D eigenvalue weighted by Crippen LogP contribution is 2.25. The third kappa shape index (κ3) is 1.94. The lowest BCUT2D eigenvalue weighted by molar-refractivity contribution is -0.542. The highest BCUT2D eigenvalue weighted by Gasteiger charge is 2.27. The highest BCUT2D eigenvalue weighted by molar-refractivity contribution is 6.67. The van der Waals surface area contributed by atoms with Crippen LogP contribution in [0.1, 0.15) is 5.56 Å². The molecule has 1 heterocycles. The maximum Gasteiger partial charge on any atom is 0.348 e. The number of amidine groups is 2. The molecule has 0 bridgehead atoms. The fraction of sp³-hybridized carbons (Fsp3) is 0.100. The molecule has 6 N–H and O–H groups in total. The second-order valence-electron chi connectivity index (χ2n) is 3.56. The Balaban J connectivity index is 2.52. The van der Waals surface area contributed by atoms with Crippen LogP contribution in [0.2, 0.25) is 5.02 Å². The summed E-state index contributed by atoms with van der Waals surface area (Å²) < 4.78 is 0. The minimum atomic E-state index is 0.185. The van der Waals surface area contributed by atoms with E-state index in [1.807, 2.05) is 13.0 Å². The molecular formula is C10H12ClN6+. The molecule has 7 heteroatoms. The van der Waals surface area contributed by atoms with Gasteiger partial charge in [0.05, 0.1) is 5.69 Å². The molecule has 0 saturated heterocycles. The molecule has 0 radical (unpaired) electrons. The van der Waals surface area contributed by atoms with Crippen LogP contribution in [0, 0.1) is 6.92 Å². The first kappa shape index (κ1) is 11.4. The summed E-state index contributed by atoms with van der Waals surface area (Å²) in [6.07, 6.45) is 0. The average Bonchev–Trinajstić information content (AvgIpc) is 2.51. The Hall–Kier alpha value is -2.08. The van der Waals surface area contributed by atoms with Crippen LogP contribution in [-0.2, 0) is 0 Å². The first-order valence-electron chi connectivity index (χ1n) is 4.86. The summed E-state index contributed by atoms with van der Waals surface area (Å²) in [6, 6.07) is 5.40. The number of hydrazine groups is 1. The molecule has 0 saturated carbocycles. The molecule has 0 fully saturated rings. The zero-order valence-electron chi connectivity index (χ0n) is 9.18. The molecule has 0 aromatic heterocycles. The van der Waals surface area contributed by atoms with Crippen molar-refractivity contribution in [2.24, 2.45) is 27.4 Å². The van der Waals surface area contributed by atoms with Gasteiger partial charge in [0, 0.05) is 5.02 Å². The van der Waals surface area contributed by atoms with E-state index in [0.29, 0.717) is 16.4 Å². The Kier molecular flexibility index (Phi) is 2.72. The van der Waals surface area contributed by atoms with Gasteiger partial charge in [0.15, 0.2) is 0 Å². The number of hydrazone groups is 2. The van der Waals surface area contributed by atoms with E-state index < -0.39 is 0 Å². The van der Waals surface area contributed by atoms with Crippen molar-refractivity contribution < 1.29 is 4.79 Å². The number of hydrogen-bond donors (Lipinski definition) is 3. The molecule has 0 aliphatic carbocycles. The van der Waals surface area contributed by atoms with Crippen LogP contribution in [0.15, 0.2) is 28.3 Å². The summed E-state index contributed by atoms with van der Waals surface area (Å²) in [6.45, 7) is 1.86. The van der Waals surface area contributed by atoms with E-state index in [1.165, 1.54) is 0 Å². The van der Waals surface area contributed by atoms with Crippen LogP contribution in [0.5, 0.6) is 0 Å². The number of nitrogens with zero attached hydrogens (tertiary/aromatic N) is 3. The first-order valence-corrected chi connectivity index (χ1v) is 5.24. The third-order valence-electron chi connectivity index (χ3n) is 2.42. The van der Waals surface area contributed by atoms with Gasteiger partial charge in [0.1, 0.15) is 0 Å². The van der Waals surface area contributed by atoms with E-state index >= 15 is 0 Å². The normalized spacial score (nSPS) is 17.8. The summed E-state index contributed by atoms with van der Waals surface area (Å²) in [7, 11) is 0. The van der Waals surface area contributed by atoms with Crippen molar-refractivity contribution >= 4 is 34.7 Å². The van der Waals surface area contributed by atoms with Gasteiger partial charge in [-0.3, -0.25) is 5.73 Å². The molecular weight excluding hydrogens is 240 g/mol. The van der Waals surface area contributed by atoms with E-state index in [4.69, 9.17) is 28.9 Å². The van der Waals surface area contributed by atoms with Gasteiger partial charge in [-0.1, -0.05) is 17.7 Å². The van der Waals surface area contributed by atoms with Gasteiger partial charge in [0.25, 0.3) is 0 Å². The molecule has 0 atom stereocenters. The van der Waals surface area contributed by atoms with Crippen LogP contribution in [0.25, 0.3) is 0 Å². The molecule has 17 heavy (non-hydrogen) atoms. The second kappa shape index (κ2) is 4.06. The van der Waals surface area contributed by atoms with Crippen molar-refractivity contribution in [3.05, 3.63) is 28.8 Å². The second-order valence-corrected chi connectivity index (χ2v) is 3.97. The van der Waals surface area contributed by atoms with Crippen molar-refractivity contribution in [2.75, 3.05) is 0 Å². The maximum absolute atomic E-state index is 6.00. The molecule has 2 rings (SSSR count). The minimum Gasteiger partial charge on any atom is -0.378 e. The maximum atomic E-state index is 6.00. The van der Waals surface area contributed by atoms with E-state index in [0.717, 1.165) is 10.4 Å². The average molecular weight is 252 g/mol. The summed E-state index contributed by atoms with van der Waals surface area (Å²) in [5, 5.41) is 4.41. The fourth-order valence-electron chi connectivity index (χ4n) is 1.41. The van der Waals surface area contributed by atoms with Crippen LogP contribution in [0.4, 0.5) is 5.69 Å².